The van der Waals surface area contributed by atoms with E-state index in [4.69, 9.17) is 0 Å². The van der Waals surface area contributed by atoms with Crippen molar-refractivity contribution in [2.45, 2.75) is 26.8 Å². The zero-order chi connectivity index (χ0) is 19.9. The highest BCUT2D eigenvalue weighted by Crippen LogP contribution is 2.22. The number of hydrogen-bond acceptors (Lipinski definition) is 6. The Bertz CT molecular complexity index is 1170. The summed E-state index contributed by atoms with van der Waals surface area (Å²) in [6.07, 6.45) is 0. The fourth-order valence-electron chi connectivity index (χ4n) is 2.97. The Morgan fingerprint density at radius 2 is 1.85 bits per heavy atom. The van der Waals surface area contributed by atoms with Crippen molar-refractivity contribution in [3.8, 4) is 5.75 Å². The van der Waals surface area contributed by atoms with Gasteiger partial charge in [-0.15, -0.1) is 0 Å². The fraction of sp³-hybridized carbons (Fsp3) is 0.333. The number of fused-ring (bicyclic) bond motifs is 1. The maximum atomic E-state index is 12.6. The van der Waals surface area contributed by atoms with Crippen molar-refractivity contribution in [1.29, 1.82) is 0 Å². The van der Waals surface area contributed by atoms with Gasteiger partial charge in [-0.3, -0.25) is 13.9 Å². The molecule has 9 nitrogen and oxygen atoms in total. The van der Waals surface area contributed by atoms with E-state index in [1.807, 2.05) is 13.8 Å². The quantitative estimate of drug-likeness (QED) is 0.535. The maximum absolute atomic E-state index is 12.6. The third-order valence-electron chi connectivity index (χ3n) is 4.43. The number of aromatic hydroxyl groups is 1. The molecule has 0 spiro atoms. The third kappa shape index (κ3) is 3.01. The van der Waals surface area contributed by atoms with Crippen LogP contribution in [0.5, 0.6) is 5.75 Å². The van der Waals surface area contributed by atoms with Crippen LogP contribution >= 0.6 is 0 Å². The van der Waals surface area contributed by atoms with Gasteiger partial charge in [-0.1, -0.05) is 12.1 Å². The van der Waals surface area contributed by atoms with Gasteiger partial charge >= 0.3 is 5.69 Å². The van der Waals surface area contributed by atoms with Gasteiger partial charge in [0.25, 0.3) is 5.56 Å². The topological polar surface area (TPSA) is 106 Å². The van der Waals surface area contributed by atoms with Gasteiger partial charge < -0.3 is 9.67 Å². The minimum absolute atomic E-state index is 0.0941. The van der Waals surface area contributed by atoms with Crippen LogP contribution in [0.1, 0.15) is 32.4 Å². The van der Waals surface area contributed by atoms with E-state index in [9.17, 15) is 14.7 Å². The smallest absolute Gasteiger partial charge is 0.332 e. The van der Waals surface area contributed by atoms with E-state index in [1.54, 1.807) is 42.8 Å². The molecule has 142 valence electrons. The van der Waals surface area contributed by atoms with E-state index in [0.717, 1.165) is 4.57 Å². The number of aromatic nitrogens is 4. The number of anilines is 1. The average Bonchev–Trinajstić information content (AvgIpc) is 3.03. The molecule has 0 aliphatic heterocycles. The van der Waals surface area contributed by atoms with Crippen LogP contribution in [0.2, 0.25) is 0 Å². The lowest BCUT2D eigenvalue weighted by molar-refractivity contribution is 0.474. The zero-order valence-electron chi connectivity index (χ0n) is 15.9. The molecule has 0 radical (unpaired) electrons. The summed E-state index contributed by atoms with van der Waals surface area (Å²) in [6.45, 7) is 5.58. The Kier molecular flexibility index (Phi) is 4.61. The molecule has 0 aliphatic rings. The lowest BCUT2D eigenvalue weighted by atomic mass is 10.1. The number of benzene rings is 1. The van der Waals surface area contributed by atoms with Gasteiger partial charge in [0, 0.05) is 25.7 Å². The molecule has 0 fully saturated rings. The normalized spacial score (nSPS) is 12.1. The Morgan fingerprint density at radius 3 is 2.48 bits per heavy atom. The number of rotatable bonds is 4. The van der Waals surface area contributed by atoms with Crippen molar-refractivity contribution >= 4 is 22.8 Å². The highest BCUT2D eigenvalue weighted by atomic mass is 16.3. The van der Waals surface area contributed by atoms with Crippen molar-refractivity contribution < 1.29 is 5.11 Å². The predicted molar refractivity (Wildman–Crippen MR) is 105 cm³/mol. The van der Waals surface area contributed by atoms with Crippen molar-refractivity contribution in [2.75, 3.05) is 5.43 Å². The molecule has 0 aliphatic carbocycles. The van der Waals surface area contributed by atoms with Crippen LogP contribution < -0.4 is 16.7 Å². The molecular formula is C18H22N6O3. The molecule has 27 heavy (non-hydrogen) atoms. The first-order chi connectivity index (χ1) is 12.7. The number of nitrogens with zero attached hydrogens (tertiary/aromatic N) is 5. The van der Waals surface area contributed by atoms with Crippen LogP contribution in [0, 0.1) is 0 Å². The summed E-state index contributed by atoms with van der Waals surface area (Å²) in [5.41, 5.74) is 3.76. The standard InChI is InChI=1S/C18H22N6O3/c1-10(2)24-14-15(22(4)18(27)23(5)16(14)26)19-17(24)21-20-11(3)12-8-6-7-9-13(12)25/h6-10,25H,1-5H3,(H,19,21). The molecule has 9 heteroatoms. The maximum Gasteiger partial charge on any atom is 0.332 e. The van der Waals surface area contributed by atoms with Gasteiger partial charge in [-0.25, -0.2) is 10.2 Å². The molecule has 2 N–H and O–H groups in total. The van der Waals surface area contributed by atoms with Gasteiger partial charge in [-0.05, 0) is 32.9 Å². The second kappa shape index (κ2) is 6.75. The molecule has 0 unspecified atom stereocenters. The van der Waals surface area contributed by atoms with Gasteiger partial charge in [0.15, 0.2) is 11.2 Å². The molecule has 0 saturated heterocycles. The summed E-state index contributed by atoms with van der Waals surface area (Å²) in [4.78, 5) is 29.2. The summed E-state index contributed by atoms with van der Waals surface area (Å²) >= 11 is 0. The van der Waals surface area contributed by atoms with E-state index in [2.05, 4.69) is 15.5 Å². The number of hydrazone groups is 1. The predicted octanol–water partition coefficient (Wildman–Crippen LogP) is 1.56. The fourth-order valence-corrected chi connectivity index (χ4v) is 2.97. The van der Waals surface area contributed by atoms with Crippen molar-refractivity contribution in [2.24, 2.45) is 19.2 Å². The van der Waals surface area contributed by atoms with Crippen molar-refractivity contribution in [1.82, 2.24) is 18.7 Å². The minimum Gasteiger partial charge on any atom is -0.507 e. The molecule has 0 atom stereocenters. The van der Waals surface area contributed by atoms with Crippen molar-refractivity contribution in [3.05, 3.63) is 50.7 Å². The van der Waals surface area contributed by atoms with Crippen LogP contribution in [0.25, 0.3) is 11.2 Å². The summed E-state index contributed by atoms with van der Waals surface area (Å²) in [7, 11) is 3.01. The number of phenolic OH excluding ortho intramolecular Hbond substituents is 1. The van der Waals surface area contributed by atoms with E-state index in [-0.39, 0.29) is 17.4 Å². The van der Waals surface area contributed by atoms with Crippen LogP contribution in [-0.4, -0.2) is 29.5 Å². The highest BCUT2D eigenvalue weighted by molar-refractivity contribution is 6.01. The number of imidazole rings is 1. The Labute approximate surface area is 155 Å². The molecule has 0 bridgehead atoms. The van der Waals surface area contributed by atoms with Gasteiger partial charge in [0.2, 0.25) is 5.95 Å². The highest BCUT2D eigenvalue weighted by Gasteiger charge is 2.20. The van der Waals surface area contributed by atoms with Crippen LogP contribution in [0.3, 0.4) is 0 Å². The number of aryl methyl sites for hydroxylation is 1. The summed E-state index contributed by atoms with van der Waals surface area (Å²) < 4.78 is 4.10. The number of phenols is 1. The SMILES string of the molecule is CC(=NNc1nc2c(c(=O)n(C)c(=O)n2C)n1C(C)C)c1ccccc1O. The lowest BCUT2D eigenvalue weighted by Gasteiger charge is -2.12. The Hall–Kier alpha value is -3.36. The largest absolute Gasteiger partial charge is 0.507 e. The summed E-state index contributed by atoms with van der Waals surface area (Å²) in [5.74, 6) is 0.460. The molecule has 0 amide bonds. The zero-order valence-corrected chi connectivity index (χ0v) is 15.9. The Balaban J connectivity index is 2.17. The molecule has 2 aromatic heterocycles. The molecule has 0 saturated carbocycles. The summed E-state index contributed by atoms with van der Waals surface area (Å²) in [6, 6.07) is 6.77. The molecule has 3 rings (SSSR count). The average molecular weight is 370 g/mol. The number of para-hydroxylation sites is 1. The second-order valence-corrected chi connectivity index (χ2v) is 6.60. The number of hydrogen-bond donors (Lipinski definition) is 2. The molecule has 1 aromatic carbocycles. The second-order valence-electron chi connectivity index (χ2n) is 6.60. The molecule has 3 aromatic rings. The third-order valence-corrected chi connectivity index (χ3v) is 4.43. The van der Waals surface area contributed by atoms with Crippen LogP contribution in [0.4, 0.5) is 5.95 Å². The first-order valence-corrected chi connectivity index (χ1v) is 8.50. The van der Waals surface area contributed by atoms with E-state index >= 15 is 0 Å². The first kappa shape index (κ1) is 18.4. The van der Waals surface area contributed by atoms with E-state index in [0.29, 0.717) is 22.7 Å². The van der Waals surface area contributed by atoms with Gasteiger partial charge in [0.1, 0.15) is 5.75 Å². The van der Waals surface area contributed by atoms with Crippen molar-refractivity contribution in [3.63, 3.8) is 0 Å². The molecule has 2 heterocycles. The van der Waals surface area contributed by atoms with Gasteiger partial charge in [0.05, 0.1) is 5.71 Å². The molecular weight excluding hydrogens is 348 g/mol. The minimum atomic E-state index is -0.443. The van der Waals surface area contributed by atoms with Crippen LogP contribution in [-0.2, 0) is 14.1 Å². The van der Waals surface area contributed by atoms with Gasteiger partial charge in [-0.2, -0.15) is 10.1 Å². The lowest BCUT2D eigenvalue weighted by Crippen LogP contribution is -2.37. The Morgan fingerprint density at radius 1 is 1.19 bits per heavy atom. The van der Waals surface area contributed by atoms with E-state index < -0.39 is 11.2 Å². The van der Waals surface area contributed by atoms with Crippen LogP contribution in [0.15, 0.2) is 39.0 Å². The summed E-state index contributed by atoms with van der Waals surface area (Å²) in [5, 5.41) is 14.3. The monoisotopic (exact) mass is 370 g/mol. The number of nitrogens with one attached hydrogen (secondary N) is 1. The van der Waals surface area contributed by atoms with E-state index in [1.165, 1.54) is 11.6 Å². The first-order valence-electron chi connectivity index (χ1n) is 8.50.